The number of carbonyl (C=O) groups is 2. The Bertz CT molecular complexity index is 1100. The van der Waals surface area contributed by atoms with Crippen molar-refractivity contribution in [2.45, 2.75) is 13.3 Å². The van der Waals surface area contributed by atoms with E-state index in [1.165, 1.54) is 11.8 Å². The second kappa shape index (κ2) is 11.7. The number of carbonyl (C=O) groups excluding carboxylic acids is 2. The maximum absolute atomic E-state index is 13.0. The largest absolute Gasteiger partial charge is 0.483 e. The summed E-state index contributed by atoms with van der Waals surface area (Å²) in [5, 5.41) is 0.685. The van der Waals surface area contributed by atoms with Crippen LogP contribution in [0.2, 0.25) is 0 Å². The van der Waals surface area contributed by atoms with Crippen LogP contribution in [0.15, 0.2) is 62.9 Å². The molecule has 0 spiro atoms. The normalized spacial score (nSPS) is 18.7. The summed E-state index contributed by atoms with van der Waals surface area (Å²) in [5.74, 6) is 0.470. The predicted molar refractivity (Wildman–Crippen MR) is 138 cm³/mol. The Morgan fingerprint density at radius 2 is 1.97 bits per heavy atom. The summed E-state index contributed by atoms with van der Waals surface area (Å²) in [7, 11) is 0. The van der Waals surface area contributed by atoms with Gasteiger partial charge in [0.1, 0.15) is 5.75 Å². The van der Waals surface area contributed by atoms with Crippen LogP contribution in [0.4, 0.5) is 5.69 Å². The van der Waals surface area contributed by atoms with E-state index in [1.54, 1.807) is 15.9 Å². The zero-order valence-corrected chi connectivity index (χ0v) is 21.3. The van der Waals surface area contributed by atoms with Crippen molar-refractivity contribution in [1.82, 2.24) is 9.80 Å². The smallest absolute Gasteiger partial charge is 0.266 e. The second-order valence-corrected chi connectivity index (χ2v) is 9.63. The Balaban J connectivity index is 1.46. The molecule has 0 aromatic heterocycles. The predicted octanol–water partition coefficient (Wildman–Crippen LogP) is 4.70. The van der Waals surface area contributed by atoms with Gasteiger partial charge in [-0.05, 0) is 70.0 Å². The van der Waals surface area contributed by atoms with E-state index < -0.39 is 0 Å². The van der Waals surface area contributed by atoms with Crippen molar-refractivity contribution in [1.29, 1.82) is 0 Å². The van der Waals surface area contributed by atoms with Gasteiger partial charge in [-0.3, -0.25) is 14.5 Å². The van der Waals surface area contributed by atoms with Crippen molar-refractivity contribution in [3.63, 3.8) is 0 Å². The molecule has 2 heterocycles. The highest BCUT2D eigenvalue weighted by molar-refractivity contribution is 9.10. The highest BCUT2D eigenvalue weighted by Gasteiger charge is 2.32. The Hall–Kier alpha value is -2.62. The molecule has 0 N–H and O–H groups in total. The molecule has 34 heavy (non-hydrogen) atoms. The Morgan fingerprint density at radius 1 is 1.21 bits per heavy atom. The fourth-order valence-corrected chi connectivity index (χ4v) is 5.08. The van der Waals surface area contributed by atoms with Crippen LogP contribution in [0.5, 0.6) is 5.75 Å². The van der Waals surface area contributed by atoms with Gasteiger partial charge in [-0.2, -0.15) is 0 Å². The summed E-state index contributed by atoms with van der Waals surface area (Å²) in [4.78, 5) is 34.1. The zero-order chi connectivity index (χ0) is 23.9. The molecule has 0 bridgehead atoms. The van der Waals surface area contributed by atoms with Gasteiger partial charge in [-0.1, -0.05) is 31.2 Å². The van der Waals surface area contributed by atoms with Crippen molar-refractivity contribution < 1.29 is 19.1 Å². The highest BCUT2D eigenvalue weighted by Crippen LogP contribution is 2.35. The van der Waals surface area contributed by atoms with Gasteiger partial charge in [0.2, 0.25) is 0 Å². The van der Waals surface area contributed by atoms with E-state index in [0.29, 0.717) is 48.7 Å². The Labute approximate surface area is 211 Å². The van der Waals surface area contributed by atoms with E-state index in [-0.39, 0.29) is 18.4 Å². The minimum Gasteiger partial charge on any atom is -0.483 e. The van der Waals surface area contributed by atoms with E-state index in [2.05, 4.69) is 20.9 Å². The van der Waals surface area contributed by atoms with Crippen molar-refractivity contribution in [3.05, 3.63) is 63.5 Å². The third-order valence-corrected chi connectivity index (χ3v) is 6.91. The number of ether oxygens (including phenoxy) is 2. The number of aliphatic imine (C=N–C) groups is 1. The van der Waals surface area contributed by atoms with Crippen LogP contribution in [0.3, 0.4) is 0 Å². The number of nitrogens with zero attached hydrogens (tertiary/aromatic N) is 3. The maximum Gasteiger partial charge on any atom is 0.266 e. The first-order valence-electron chi connectivity index (χ1n) is 11.2. The lowest BCUT2D eigenvalue weighted by Crippen LogP contribution is -2.43. The molecule has 2 aromatic carbocycles. The van der Waals surface area contributed by atoms with E-state index >= 15 is 0 Å². The fraction of sp³-hybridized carbons (Fsp3) is 0.320. The molecule has 7 nitrogen and oxygen atoms in total. The van der Waals surface area contributed by atoms with Gasteiger partial charge in [0.05, 0.1) is 28.3 Å². The summed E-state index contributed by atoms with van der Waals surface area (Å²) in [5.41, 5.74) is 1.67. The molecular formula is C25H26BrN3O4S. The third kappa shape index (κ3) is 6.08. The summed E-state index contributed by atoms with van der Waals surface area (Å²) in [6.07, 6.45) is 2.70. The number of rotatable bonds is 7. The molecule has 2 amide bonds. The number of amidine groups is 1. The molecule has 2 aliphatic heterocycles. The van der Waals surface area contributed by atoms with E-state index in [0.717, 1.165) is 22.1 Å². The maximum atomic E-state index is 13.0. The first-order chi connectivity index (χ1) is 16.5. The number of hydrogen-bond donors (Lipinski definition) is 0. The monoisotopic (exact) mass is 543 g/mol. The number of morpholine rings is 1. The number of halogens is 1. The number of para-hydroxylation sites is 1. The van der Waals surface area contributed by atoms with Crippen LogP contribution in [0.25, 0.3) is 6.08 Å². The molecule has 2 fully saturated rings. The van der Waals surface area contributed by atoms with Crippen LogP contribution in [0.1, 0.15) is 18.9 Å². The molecule has 2 saturated heterocycles. The molecule has 0 saturated carbocycles. The van der Waals surface area contributed by atoms with Gasteiger partial charge in [0.25, 0.3) is 11.8 Å². The van der Waals surface area contributed by atoms with Crippen LogP contribution >= 0.6 is 27.7 Å². The topological polar surface area (TPSA) is 71.4 Å². The average Bonchev–Trinajstić information content (AvgIpc) is 3.13. The minimum absolute atomic E-state index is 0.0291. The fourth-order valence-electron chi connectivity index (χ4n) is 3.54. The third-order valence-electron chi connectivity index (χ3n) is 5.28. The first kappa shape index (κ1) is 24.5. The number of hydrogen-bond acceptors (Lipinski definition) is 6. The average molecular weight is 544 g/mol. The van der Waals surface area contributed by atoms with E-state index in [1.807, 2.05) is 55.5 Å². The van der Waals surface area contributed by atoms with Gasteiger partial charge in [0.15, 0.2) is 11.8 Å². The second-order valence-electron chi connectivity index (χ2n) is 7.77. The number of benzene rings is 2. The molecule has 178 valence electrons. The highest BCUT2D eigenvalue weighted by atomic mass is 79.9. The lowest BCUT2D eigenvalue weighted by atomic mass is 10.2. The lowest BCUT2D eigenvalue weighted by molar-refractivity contribution is -0.137. The molecule has 9 heteroatoms. The summed E-state index contributed by atoms with van der Waals surface area (Å²) in [6, 6.07) is 15.2. The zero-order valence-electron chi connectivity index (χ0n) is 18.9. The van der Waals surface area contributed by atoms with Gasteiger partial charge in [-0.15, -0.1) is 0 Å². The lowest BCUT2D eigenvalue weighted by Gasteiger charge is -2.26. The van der Waals surface area contributed by atoms with E-state index in [9.17, 15) is 9.59 Å². The van der Waals surface area contributed by atoms with Crippen molar-refractivity contribution in [3.8, 4) is 5.75 Å². The SMILES string of the molecule is CCCN1C(=O)/C(=C/c2ccc(OCC(=O)N3CCOCC3)c(Br)c2)SC1=Nc1ccccc1. The van der Waals surface area contributed by atoms with Crippen LogP contribution in [-0.2, 0) is 14.3 Å². The molecule has 0 aliphatic carbocycles. The molecular weight excluding hydrogens is 518 g/mol. The number of amides is 2. The summed E-state index contributed by atoms with van der Waals surface area (Å²) in [6.45, 7) is 4.92. The van der Waals surface area contributed by atoms with Crippen LogP contribution in [0, 0.1) is 0 Å². The Kier molecular flexibility index (Phi) is 8.42. The minimum atomic E-state index is -0.0596. The van der Waals surface area contributed by atoms with Gasteiger partial charge < -0.3 is 14.4 Å². The van der Waals surface area contributed by atoms with Crippen molar-refractivity contribution >= 4 is 56.4 Å². The number of thioether (sulfide) groups is 1. The molecule has 0 radical (unpaired) electrons. The quantitative estimate of drug-likeness (QED) is 0.473. The standard InChI is InChI=1S/C25H26BrN3O4S/c1-2-10-29-24(31)22(34-25(29)27-19-6-4-3-5-7-19)16-18-8-9-21(20(26)15-18)33-17-23(30)28-11-13-32-14-12-28/h3-9,15-16H,2,10-14,17H2,1H3/b22-16-,27-25?. The van der Waals surface area contributed by atoms with Gasteiger partial charge in [-0.25, -0.2) is 4.99 Å². The molecule has 0 unspecified atom stereocenters. The van der Waals surface area contributed by atoms with Gasteiger partial charge in [0, 0.05) is 19.6 Å². The van der Waals surface area contributed by atoms with Crippen LogP contribution in [-0.4, -0.2) is 66.2 Å². The Morgan fingerprint density at radius 3 is 2.68 bits per heavy atom. The van der Waals surface area contributed by atoms with E-state index in [4.69, 9.17) is 9.47 Å². The first-order valence-corrected chi connectivity index (χ1v) is 12.8. The van der Waals surface area contributed by atoms with Crippen molar-refractivity contribution in [2.24, 2.45) is 4.99 Å². The van der Waals surface area contributed by atoms with Crippen molar-refractivity contribution in [2.75, 3.05) is 39.5 Å². The molecule has 2 aliphatic rings. The van der Waals surface area contributed by atoms with Crippen LogP contribution < -0.4 is 4.74 Å². The van der Waals surface area contributed by atoms with Gasteiger partial charge >= 0.3 is 0 Å². The molecule has 4 rings (SSSR count). The summed E-state index contributed by atoms with van der Waals surface area (Å²) < 4.78 is 11.7. The molecule has 0 atom stereocenters. The summed E-state index contributed by atoms with van der Waals surface area (Å²) >= 11 is 4.90. The molecule has 2 aromatic rings.